The lowest BCUT2D eigenvalue weighted by Gasteiger charge is -2.23. The van der Waals surface area contributed by atoms with Crippen LogP contribution in [0.2, 0.25) is 0 Å². The molecule has 0 spiro atoms. The maximum atomic E-state index is 14.3. The van der Waals surface area contributed by atoms with Crippen LogP contribution in [0.4, 0.5) is 64.1 Å². The normalized spacial score (nSPS) is 11.7. The van der Waals surface area contributed by atoms with Crippen LogP contribution in [0.5, 0.6) is 17.6 Å². The van der Waals surface area contributed by atoms with Gasteiger partial charge in [0.2, 0.25) is 46.7 Å². The molecule has 8 aromatic carbocycles. The van der Waals surface area contributed by atoms with Gasteiger partial charge in [-0.1, -0.05) is 121 Å². The highest BCUT2D eigenvalue weighted by Crippen LogP contribution is 2.40. The second-order valence-corrected chi connectivity index (χ2v) is 35.0. The number of nitrogen functional groups attached to an aromatic ring is 4. The molecule has 0 aliphatic carbocycles. The Bertz CT molecular complexity index is 8690. The topological polar surface area (TPSA) is 461 Å². The third kappa shape index (κ3) is 21.6. The molecule has 12 heterocycles. The van der Waals surface area contributed by atoms with Gasteiger partial charge < -0.3 is 58.4 Å². The minimum atomic E-state index is -0.412. The minimum absolute atomic E-state index is 0.0539. The molecule has 12 N–H and O–H groups in total. The summed E-state index contributed by atoms with van der Waals surface area (Å²) in [6, 6.07) is 68.3. The van der Waals surface area contributed by atoms with Crippen LogP contribution in [0.1, 0.15) is 102 Å². The SMILES string of the molecule is COc1ncc(-c2cccc3cc([C@H](C)Nc4nc(N)ncc4C)n(-c4cccc(C)c4)c(=O)c23)cn1.[C-]#[N+]c1cnc(N)nc1N[C@@H](C)c1cc2cccc(-c3ccnc(OC)c3)c2c(=O)n1-c1cccc(C)c1.[C-]#[N+]c1cnc(N)nc1N[C@@H](C)c1cc2cccc(-c3ccnnc3)c2c(=O)n1-c1cccc(C)c1.[C-]#[N+]c1cnc(N)nc1N[C@@H](C)c1cc2cccc(-c3cncc(OC)c3)c2c(=O)n1-c1cccc(C)c1. The summed E-state index contributed by atoms with van der Waals surface area (Å²) < 4.78 is 22.6. The first-order valence-electron chi connectivity index (χ1n) is 46.9. The molecule has 4 atom stereocenters. The van der Waals surface area contributed by atoms with E-state index >= 15 is 0 Å². The second-order valence-electron chi connectivity index (χ2n) is 35.0. The third-order valence-corrected chi connectivity index (χ3v) is 24.8. The van der Waals surface area contributed by atoms with E-state index in [0.29, 0.717) is 73.5 Å². The molecule has 0 aliphatic heterocycles. The fourth-order valence-corrected chi connectivity index (χ4v) is 17.7. The van der Waals surface area contributed by atoms with Gasteiger partial charge in [-0.05, 0) is 225 Å². The van der Waals surface area contributed by atoms with Gasteiger partial charge in [-0.2, -0.15) is 15.2 Å². The van der Waals surface area contributed by atoms with Crippen molar-refractivity contribution in [1.29, 1.82) is 0 Å². The lowest BCUT2D eigenvalue weighted by Crippen LogP contribution is -2.26. The highest BCUT2D eigenvalue weighted by atomic mass is 16.5. The Morgan fingerprint density at radius 1 is 0.315 bits per heavy atom. The van der Waals surface area contributed by atoms with E-state index in [1.54, 1.807) is 82.1 Å². The first kappa shape index (κ1) is 100. The van der Waals surface area contributed by atoms with Gasteiger partial charge in [0.1, 0.15) is 29.0 Å². The van der Waals surface area contributed by atoms with Gasteiger partial charge >= 0.3 is 6.01 Å². The number of hydrogen-bond donors (Lipinski definition) is 8. The first-order valence-corrected chi connectivity index (χ1v) is 46.9. The summed E-state index contributed by atoms with van der Waals surface area (Å²) >= 11 is 0. The second kappa shape index (κ2) is 44.0. The molecule has 0 fully saturated rings. The molecule has 149 heavy (non-hydrogen) atoms. The zero-order valence-corrected chi connectivity index (χ0v) is 83.0. The summed E-state index contributed by atoms with van der Waals surface area (Å²) in [7, 11) is 4.66. The summed E-state index contributed by atoms with van der Waals surface area (Å²) in [6.45, 7) is 40.0. The molecule has 0 bridgehead atoms. The standard InChI is InChI=1S/2C29H25N7O2.C28H27N7O2.C27H22N8O/c1-17-7-5-9-21(11-17)36-25(18(2)34-27-24(31-3)16-33-29(30)35-27)13-19-8-6-10-23(26(19)28(36)37)20-12-22(38-4)15-32-14-20;1-17-7-5-9-21(13-17)36-24(18(2)34-27-23(31-3)16-33-29(30)35-27)14-20-8-6-10-22(26(20)28(36)37)19-11-12-32-25(15-19)38-4;1-16-7-5-9-21(11-16)35-23(18(3)33-25-17(2)13-30-27(29)34-25)12-19-8-6-10-22(24(19)26(35)36)20-14-31-28(37-4)32-15-20;1-16-6-4-8-20(12-16)35-23(17(2)33-25-22(29-3)15-30-27(28)34-25)13-18-7-5-9-21(24(18)26(35)36)19-10-11-31-32-14-19/h2*5-16,18H,1-2,4H3,(H3,30,33,34,35);5-15,18H,1-4H3,(H3,29,30,33,34);4-15,17H,1-2H3,(H3,28,30,33,34)/t3*18-;17-/m0000/s1. The minimum Gasteiger partial charge on any atom is -0.495 e. The van der Waals surface area contributed by atoms with E-state index < -0.39 is 18.1 Å². The largest absolute Gasteiger partial charge is 0.495 e. The van der Waals surface area contributed by atoms with Crippen molar-refractivity contribution in [1.82, 2.24) is 88.3 Å². The fourth-order valence-electron chi connectivity index (χ4n) is 17.7. The number of nitrogens with two attached hydrogens (primary N) is 4. The quantitative estimate of drug-likeness (QED) is 0.0276. The van der Waals surface area contributed by atoms with Gasteiger partial charge in [0, 0.05) is 123 Å². The number of anilines is 8. The van der Waals surface area contributed by atoms with Crippen molar-refractivity contribution >= 4 is 107 Å². The predicted molar refractivity (Wildman–Crippen MR) is 583 cm³/mol. The van der Waals surface area contributed by atoms with Gasteiger partial charge in [0.25, 0.3) is 22.2 Å². The van der Waals surface area contributed by atoms with Crippen molar-refractivity contribution in [3.8, 4) is 84.9 Å². The Kier molecular flexibility index (Phi) is 29.6. The molecule has 20 rings (SSSR count). The zero-order valence-electron chi connectivity index (χ0n) is 83.0. The average Bonchev–Trinajstić information content (AvgIpc) is 0.750. The summed E-state index contributed by atoms with van der Waals surface area (Å²) in [5, 5.41) is 26.5. The maximum Gasteiger partial charge on any atom is 0.316 e. The zero-order chi connectivity index (χ0) is 105. The van der Waals surface area contributed by atoms with E-state index in [-0.39, 0.29) is 75.1 Å². The van der Waals surface area contributed by atoms with E-state index in [2.05, 4.69) is 106 Å². The van der Waals surface area contributed by atoms with Crippen molar-refractivity contribution in [2.75, 3.05) is 65.5 Å². The molecular weight excluding hydrogens is 1880 g/mol. The number of hydrogen-bond acceptors (Lipinski definition) is 29. The average molecular weight is 1980 g/mol. The highest BCUT2D eigenvalue weighted by Gasteiger charge is 2.28. The van der Waals surface area contributed by atoms with Crippen LogP contribution < -0.4 is 80.6 Å². The number of aryl methyl sites for hydroxylation is 5. The van der Waals surface area contributed by atoms with Crippen molar-refractivity contribution in [2.24, 2.45) is 0 Å². The van der Waals surface area contributed by atoms with Crippen molar-refractivity contribution in [3.63, 3.8) is 0 Å². The monoisotopic (exact) mass is 1970 g/mol. The number of aromatic nitrogens is 18. The van der Waals surface area contributed by atoms with Crippen LogP contribution in [-0.2, 0) is 0 Å². The molecule has 0 saturated carbocycles. The van der Waals surface area contributed by atoms with E-state index in [0.717, 1.165) is 122 Å². The van der Waals surface area contributed by atoms with Crippen molar-refractivity contribution < 1.29 is 14.2 Å². The number of methoxy groups -OCH3 is 3. The maximum absolute atomic E-state index is 14.3. The molecule has 0 radical (unpaired) electrons. The van der Waals surface area contributed by atoms with E-state index in [4.69, 9.17) is 56.9 Å². The Labute approximate surface area is 854 Å². The predicted octanol–water partition coefficient (Wildman–Crippen LogP) is 20.4. The molecule has 20 aromatic rings. The summed E-state index contributed by atoms with van der Waals surface area (Å²) in [6.07, 6.45) is 17.4. The van der Waals surface area contributed by atoms with Crippen LogP contribution in [0, 0.1) is 54.3 Å². The van der Waals surface area contributed by atoms with Crippen LogP contribution in [0.25, 0.3) is 125 Å². The van der Waals surface area contributed by atoms with Gasteiger partial charge in [-0.3, -0.25) is 42.4 Å². The fraction of sp³-hybridized carbons (Fsp3) is 0.142. The Hall–Kier alpha value is -20.3. The summed E-state index contributed by atoms with van der Waals surface area (Å²) in [5.41, 5.74) is 40.3. The number of rotatable bonds is 23. The Morgan fingerprint density at radius 2 is 0.658 bits per heavy atom. The number of pyridine rings is 6. The molecule has 0 amide bonds. The molecular formula is C113H99N29O7. The van der Waals surface area contributed by atoms with Crippen molar-refractivity contribution in [3.05, 3.63) is 413 Å². The number of nitrogens with zero attached hydrogens (tertiary/aromatic N) is 21. The smallest absolute Gasteiger partial charge is 0.316 e. The number of nitrogens with one attached hydrogen (secondary N) is 4. The summed E-state index contributed by atoms with van der Waals surface area (Å²) in [5.74, 6) is 2.96. The highest BCUT2D eigenvalue weighted by molar-refractivity contribution is 6.00. The van der Waals surface area contributed by atoms with Crippen LogP contribution in [0.15, 0.2) is 306 Å². The third-order valence-electron chi connectivity index (χ3n) is 24.8. The van der Waals surface area contributed by atoms with Crippen LogP contribution in [0.3, 0.4) is 0 Å². The number of benzene rings is 8. The van der Waals surface area contributed by atoms with Gasteiger partial charge in [-0.15, -0.1) is 0 Å². The lowest BCUT2D eigenvalue weighted by atomic mass is 9.98. The molecule has 0 saturated heterocycles. The molecule has 0 unspecified atom stereocenters. The molecule has 738 valence electrons. The van der Waals surface area contributed by atoms with E-state index in [1.165, 1.54) is 25.7 Å². The van der Waals surface area contributed by atoms with E-state index in [1.807, 2.05) is 281 Å². The van der Waals surface area contributed by atoms with Crippen molar-refractivity contribution in [2.45, 2.75) is 86.5 Å². The van der Waals surface area contributed by atoms with Gasteiger partial charge in [-0.25, -0.2) is 64.4 Å². The lowest BCUT2D eigenvalue weighted by molar-refractivity contribution is 0.380. The molecule has 0 aliphatic rings. The van der Waals surface area contributed by atoms with Crippen LogP contribution >= 0.6 is 0 Å². The van der Waals surface area contributed by atoms with Gasteiger partial charge in [0.15, 0.2) is 0 Å². The molecule has 12 aromatic heterocycles. The number of fused-ring (bicyclic) bond motifs is 4. The van der Waals surface area contributed by atoms with Crippen LogP contribution in [-0.4, -0.2) is 110 Å². The molecule has 36 heteroatoms. The summed E-state index contributed by atoms with van der Waals surface area (Å²) in [4.78, 5) is 117. The van der Waals surface area contributed by atoms with Gasteiger partial charge in [0.05, 0.1) is 105 Å². The number of ether oxygens (including phenoxy) is 3. The first-order chi connectivity index (χ1) is 72.1. The molecule has 36 nitrogen and oxygen atoms in total. The Balaban J connectivity index is 0.000000135. The van der Waals surface area contributed by atoms with E-state index in [9.17, 15) is 19.2 Å². The Morgan fingerprint density at radius 3 is 1.01 bits per heavy atom.